The van der Waals surface area contributed by atoms with Crippen molar-refractivity contribution in [3.63, 3.8) is 0 Å². The van der Waals surface area contributed by atoms with E-state index < -0.39 is 0 Å². The number of hydrogen-bond acceptors (Lipinski definition) is 3. The van der Waals surface area contributed by atoms with Gasteiger partial charge in [0.05, 0.1) is 12.7 Å². The van der Waals surface area contributed by atoms with Gasteiger partial charge in [0.15, 0.2) is 0 Å². The van der Waals surface area contributed by atoms with Crippen molar-refractivity contribution in [2.45, 2.75) is 24.8 Å². The first-order valence-electron chi connectivity index (χ1n) is 5.28. The van der Waals surface area contributed by atoms with Gasteiger partial charge in [0.25, 0.3) is 5.91 Å². The summed E-state index contributed by atoms with van der Waals surface area (Å²) in [4.78, 5) is 12.5. The Bertz CT molecular complexity index is 335. The summed E-state index contributed by atoms with van der Waals surface area (Å²) in [7, 11) is 0. The molecule has 1 N–H and O–H groups in total. The molecule has 0 saturated carbocycles. The minimum absolute atomic E-state index is 0.0827. The maximum atomic E-state index is 11.6. The average Bonchev–Trinajstić information content (AvgIpc) is 2.25. The summed E-state index contributed by atoms with van der Waals surface area (Å²) in [6.45, 7) is 4.99. The summed E-state index contributed by atoms with van der Waals surface area (Å²) in [5, 5.41) is 2.78. The van der Waals surface area contributed by atoms with Crippen molar-refractivity contribution in [3.05, 3.63) is 29.8 Å². The molecule has 0 bridgehead atoms. The van der Waals surface area contributed by atoms with Crippen LogP contribution in [0.4, 0.5) is 0 Å². The predicted molar refractivity (Wildman–Crippen MR) is 67.1 cm³/mol. The Labute approximate surface area is 102 Å². The van der Waals surface area contributed by atoms with E-state index in [-0.39, 0.29) is 12.0 Å². The Morgan fingerprint density at radius 2 is 2.00 bits per heavy atom. The molecule has 1 rings (SSSR count). The van der Waals surface area contributed by atoms with Gasteiger partial charge in [-0.1, -0.05) is 0 Å². The Balaban J connectivity index is 2.32. The van der Waals surface area contributed by atoms with Crippen molar-refractivity contribution in [2.75, 3.05) is 13.2 Å². The van der Waals surface area contributed by atoms with Crippen LogP contribution in [0.25, 0.3) is 0 Å². The van der Waals surface area contributed by atoms with Gasteiger partial charge in [-0.05, 0) is 38.1 Å². The lowest BCUT2D eigenvalue weighted by atomic mass is 10.2. The van der Waals surface area contributed by atoms with Crippen molar-refractivity contribution >= 4 is 18.5 Å². The molecule has 0 radical (unpaired) electrons. The van der Waals surface area contributed by atoms with Crippen LogP contribution in [0.3, 0.4) is 0 Å². The number of hydrogen-bond donors (Lipinski definition) is 2. The Kier molecular flexibility index (Phi) is 5.35. The molecule has 0 spiro atoms. The topological polar surface area (TPSA) is 38.3 Å². The molecule has 0 atom stereocenters. The van der Waals surface area contributed by atoms with E-state index in [0.29, 0.717) is 18.7 Å². The highest BCUT2D eigenvalue weighted by molar-refractivity contribution is 7.80. The van der Waals surface area contributed by atoms with E-state index in [0.717, 1.165) is 4.90 Å². The molecular formula is C12H17NO2S. The zero-order chi connectivity index (χ0) is 12.0. The first-order valence-corrected chi connectivity index (χ1v) is 5.73. The smallest absolute Gasteiger partial charge is 0.251 e. The summed E-state index contributed by atoms with van der Waals surface area (Å²) < 4.78 is 5.32. The number of ether oxygens (including phenoxy) is 1. The number of carbonyl (C=O) groups excluding carboxylic acids is 1. The van der Waals surface area contributed by atoms with Gasteiger partial charge in [-0.25, -0.2) is 0 Å². The quantitative estimate of drug-likeness (QED) is 0.610. The SMILES string of the molecule is CC(C)OCCNC(=O)c1ccc(S)cc1. The molecule has 0 heterocycles. The summed E-state index contributed by atoms with van der Waals surface area (Å²) in [6.07, 6.45) is 0.195. The largest absolute Gasteiger partial charge is 0.377 e. The van der Waals surface area contributed by atoms with Crippen LogP contribution < -0.4 is 5.32 Å². The first-order chi connectivity index (χ1) is 7.59. The molecule has 0 aliphatic carbocycles. The molecule has 1 aromatic rings. The van der Waals surface area contributed by atoms with E-state index >= 15 is 0 Å². The molecule has 1 aromatic carbocycles. The monoisotopic (exact) mass is 239 g/mol. The number of thiol groups is 1. The number of rotatable bonds is 5. The third-order valence-corrected chi connectivity index (χ3v) is 2.27. The maximum absolute atomic E-state index is 11.6. The normalized spacial score (nSPS) is 10.5. The third kappa shape index (κ3) is 4.68. The predicted octanol–water partition coefficient (Wildman–Crippen LogP) is 2.13. The zero-order valence-corrected chi connectivity index (χ0v) is 10.5. The van der Waals surface area contributed by atoms with E-state index in [2.05, 4.69) is 17.9 Å². The van der Waals surface area contributed by atoms with Gasteiger partial charge in [0.1, 0.15) is 0 Å². The molecule has 0 fully saturated rings. The standard InChI is InChI=1S/C12H17NO2S/c1-9(2)15-8-7-13-12(14)10-3-5-11(16)6-4-10/h3-6,9,16H,7-8H2,1-2H3,(H,13,14). The molecule has 0 aromatic heterocycles. The fourth-order valence-electron chi connectivity index (χ4n) is 1.17. The Hall–Kier alpha value is -1.00. The highest BCUT2D eigenvalue weighted by atomic mass is 32.1. The van der Waals surface area contributed by atoms with Crippen LogP contribution in [-0.2, 0) is 4.74 Å². The second-order valence-corrected chi connectivity index (χ2v) is 4.24. The number of carbonyl (C=O) groups is 1. The van der Waals surface area contributed by atoms with Crippen molar-refractivity contribution in [1.29, 1.82) is 0 Å². The lowest BCUT2D eigenvalue weighted by molar-refractivity contribution is 0.0746. The fraction of sp³-hybridized carbons (Fsp3) is 0.417. The second kappa shape index (κ2) is 6.55. The summed E-state index contributed by atoms with van der Waals surface area (Å²) in [6, 6.07) is 7.09. The number of benzene rings is 1. The van der Waals surface area contributed by atoms with Crippen molar-refractivity contribution in [1.82, 2.24) is 5.32 Å². The third-order valence-electron chi connectivity index (χ3n) is 1.97. The molecule has 0 aliphatic rings. The van der Waals surface area contributed by atoms with Gasteiger partial charge in [-0.2, -0.15) is 0 Å². The molecule has 0 unspecified atom stereocenters. The van der Waals surface area contributed by atoms with Crippen LogP contribution in [0, 0.1) is 0 Å². The van der Waals surface area contributed by atoms with Crippen LogP contribution in [0.2, 0.25) is 0 Å². The van der Waals surface area contributed by atoms with E-state index in [1.54, 1.807) is 24.3 Å². The van der Waals surface area contributed by atoms with Gasteiger partial charge >= 0.3 is 0 Å². The molecule has 0 aliphatic heterocycles. The van der Waals surface area contributed by atoms with E-state index in [1.807, 2.05) is 13.8 Å². The molecule has 88 valence electrons. The minimum Gasteiger partial charge on any atom is -0.377 e. The van der Waals surface area contributed by atoms with Gasteiger partial charge in [-0.15, -0.1) is 12.6 Å². The fourth-order valence-corrected chi connectivity index (χ4v) is 1.32. The summed E-state index contributed by atoms with van der Waals surface area (Å²) >= 11 is 4.16. The molecule has 3 nitrogen and oxygen atoms in total. The highest BCUT2D eigenvalue weighted by Crippen LogP contribution is 2.07. The van der Waals surface area contributed by atoms with E-state index in [4.69, 9.17) is 4.74 Å². The molecule has 1 amide bonds. The van der Waals surface area contributed by atoms with Crippen LogP contribution >= 0.6 is 12.6 Å². The van der Waals surface area contributed by atoms with Gasteiger partial charge in [-0.3, -0.25) is 4.79 Å². The average molecular weight is 239 g/mol. The van der Waals surface area contributed by atoms with Gasteiger partial charge < -0.3 is 10.1 Å². The number of nitrogens with one attached hydrogen (secondary N) is 1. The lowest BCUT2D eigenvalue weighted by Crippen LogP contribution is -2.27. The van der Waals surface area contributed by atoms with Crippen LogP contribution in [-0.4, -0.2) is 25.2 Å². The van der Waals surface area contributed by atoms with Crippen molar-refractivity contribution in [3.8, 4) is 0 Å². The molecule has 4 heteroatoms. The first kappa shape index (κ1) is 13.1. The van der Waals surface area contributed by atoms with Gasteiger partial charge in [0.2, 0.25) is 0 Å². The van der Waals surface area contributed by atoms with E-state index in [9.17, 15) is 4.79 Å². The molecular weight excluding hydrogens is 222 g/mol. The molecule has 0 saturated heterocycles. The summed E-state index contributed by atoms with van der Waals surface area (Å²) in [5.74, 6) is -0.0827. The maximum Gasteiger partial charge on any atom is 0.251 e. The minimum atomic E-state index is -0.0827. The molecule has 16 heavy (non-hydrogen) atoms. The summed E-state index contributed by atoms with van der Waals surface area (Å²) in [5.41, 5.74) is 0.641. The van der Waals surface area contributed by atoms with E-state index in [1.165, 1.54) is 0 Å². The number of amides is 1. The van der Waals surface area contributed by atoms with Crippen LogP contribution in [0.1, 0.15) is 24.2 Å². The van der Waals surface area contributed by atoms with Crippen LogP contribution in [0.15, 0.2) is 29.2 Å². The second-order valence-electron chi connectivity index (χ2n) is 3.72. The Morgan fingerprint density at radius 3 is 2.56 bits per heavy atom. The highest BCUT2D eigenvalue weighted by Gasteiger charge is 2.03. The van der Waals surface area contributed by atoms with Crippen molar-refractivity contribution in [2.24, 2.45) is 0 Å². The zero-order valence-electron chi connectivity index (χ0n) is 9.56. The van der Waals surface area contributed by atoms with Gasteiger partial charge in [0, 0.05) is 17.0 Å². The van der Waals surface area contributed by atoms with Crippen LogP contribution in [0.5, 0.6) is 0 Å². The lowest BCUT2D eigenvalue weighted by Gasteiger charge is -2.08. The van der Waals surface area contributed by atoms with Crippen molar-refractivity contribution < 1.29 is 9.53 Å². The Morgan fingerprint density at radius 1 is 1.38 bits per heavy atom.